The molecule has 0 aliphatic carbocycles. The van der Waals surface area contributed by atoms with E-state index in [-0.39, 0.29) is 37.8 Å². The van der Waals surface area contributed by atoms with E-state index in [1.807, 2.05) is 0 Å². The lowest BCUT2D eigenvalue weighted by Gasteiger charge is -2.18. The molecule has 0 unspecified atom stereocenters. The van der Waals surface area contributed by atoms with Crippen molar-refractivity contribution in [2.75, 3.05) is 13.2 Å². The minimum atomic E-state index is -0.802. The van der Waals surface area contributed by atoms with Crippen molar-refractivity contribution in [3.63, 3.8) is 0 Å². The summed E-state index contributed by atoms with van der Waals surface area (Å²) >= 11 is 12.6. The fraction of sp³-hybridized carbons (Fsp3) is 0.474. The van der Waals surface area contributed by atoms with Gasteiger partial charge in [-0.05, 0) is 31.9 Å². The first-order chi connectivity index (χ1) is 13.8. The van der Waals surface area contributed by atoms with Gasteiger partial charge in [0.05, 0.1) is 30.6 Å². The van der Waals surface area contributed by atoms with Crippen molar-refractivity contribution in [2.24, 2.45) is 5.92 Å². The number of ether oxygens (including phenoxy) is 3. The van der Waals surface area contributed by atoms with E-state index in [0.29, 0.717) is 27.1 Å². The number of carbonyl (C=O) groups is 3. The predicted molar refractivity (Wildman–Crippen MR) is 107 cm³/mol. The third-order valence-electron chi connectivity index (χ3n) is 4.16. The van der Waals surface area contributed by atoms with Crippen LogP contribution in [0, 0.1) is 5.92 Å². The summed E-state index contributed by atoms with van der Waals surface area (Å²) in [5.74, 6) is -2.33. The molecule has 0 fully saturated rings. The van der Waals surface area contributed by atoms with Crippen LogP contribution in [-0.2, 0) is 41.6 Å². The second-order valence-electron chi connectivity index (χ2n) is 6.20. The van der Waals surface area contributed by atoms with Crippen molar-refractivity contribution >= 4 is 52.0 Å². The fourth-order valence-corrected chi connectivity index (χ4v) is 3.46. The highest BCUT2D eigenvalue weighted by Crippen LogP contribution is 2.35. The minimum absolute atomic E-state index is 0.0907. The maximum atomic E-state index is 12.4. The van der Waals surface area contributed by atoms with E-state index in [4.69, 9.17) is 37.4 Å². The number of hydrogen-bond donors (Lipinski definition) is 1. The number of rotatable bonds is 9. The number of benzene rings is 1. The van der Waals surface area contributed by atoms with Gasteiger partial charge in [-0.3, -0.25) is 19.5 Å². The number of aromatic nitrogens is 2. The van der Waals surface area contributed by atoms with Crippen LogP contribution >= 0.6 is 23.2 Å². The molecule has 0 saturated carbocycles. The summed E-state index contributed by atoms with van der Waals surface area (Å²) in [6.45, 7) is 4.93. The number of halogens is 2. The standard InChI is InChI=1S/C19H22Cl2N2O6/c1-4-27-15(25)8-12(19(26)28-5-2)6-11-7-14(20)17-16(18(21)23-22-17)13(11)9-29-10(3)24/h7,12H,4-6,8-9H2,1-3H3,(H,22,23)/t12-/m0/s1. The molecule has 2 aromatic rings. The molecule has 1 N–H and O–H groups in total. The number of nitrogens with zero attached hydrogens (tertiary/aromatic N) is 1. The summed E-state index contributed by atoms with van der Waals surface area (Å²) in [7, 11) is 0. The smallest absolute Gasteiger partial charge is 0.309 e. The van der Waals surface area contributed by atoms with Gasteiger partial charge in [0.1, 0.15) is 17.3 Å². The van der Waals surface area contributed by atoms with E-state index in [9.17, 15) is 14.4 Å². The maximum absolute atomic E-state index is 12.4. The van der Waals surface area contributed by atoms with Crippen molar-refractivity contribution < 1.29 is 28.6 Å². The topological polar surface area (TPSA) is 108 Å². The average Bonchev–Trinajstić information content (AvgIpc) is 3.03. The van der Waals surface area contributed by atoms with Crippen LogP contribution < -0.4 is 0 Å². The molecule has 10 heteroatoms. The van der Waals surface area contributed by atoms with E-state index in [1.165, 1.54) is 6.92 Å². The zero-order chi connectivity index (χ0) is 21.6. The molecule has 29 heavy (non-hydrogen) atoms. The molecule has 0 aliphatic rings. The first-order valence-corrected chi connectivity index (χ1v) is 9.83. The first kappa shape index (κ1) is 23.0. The predicted octanol–water partition coefficient (Wildman–Crippen LogP) is 3.61. The van der Waals surface area contributed by atoms with Crippen molar-refractivity contribution in [3.8, 4) is 0 Å². The second kappa shape index (κ2) is 10.5. The van der Waals surface area contributed by atoms with Gasteiger partial charge in [0, 0.05) is 17.9 Å². The molecule has 0 bridgehead atoms. The Kier molecular flexibility index (Phi) is 8.28. The zero-order valence-electron chi connectivity index (χ0n) is 16.3. The molecule has 1 heterocycles. The summed E-state index contributed by atoms with van der Waals surface area (Å²) in [6, 6.07) is 1.62. The first-order valence-electron chi connectivity index (χ1n) is 9.07. The van der Waals surface area contributed by atoms with Gasteiger partial charge < -0.3 is 14.2 Å². The molecular weight excluding hydrogens is 423 g/mol. The molecule has 0 radical (unpaired) electrons. The molecule has 8 nitrogen and oxygen atoms in total. The number of aromatic amines is 1. The zero-order valence-corrected chi connectivity index (χ0v) is 17.9. The van der Waals surface area contributed by atoms with E-state index >= 15 is 0 Å². The third-order valence-corrected chi connectivity index (χ3v) is 4.72. The lowest BCUT2D eigenvalue weighted by molar-refractivity contribution is -0.154. The lowest BCUT2D eigenvalue weighted by Crippen LogP contribution is -2.24. The third kappa shape index (κ3) is 5.83. The van der Waals surface area contributed by atoms with Gasteiger partial charge in [0.15, 0.2) is 0 Å². The Bertz CT molecular complexity index is 912. The summed E-state index contributed by atoms with van der Waals surface area (Å²) in [5.41, 5.74) is 1.56. The maximum Gasteiger partial charge on any atom is 0.309 e. The van der Waals surface area contributed by atoms with Gasteiger partial charge in [0.2, 0.25) is 0 Å². The van der Waals surface area contributed by atoms with Gasteiger partial charge in [-0.25, -0.2) is 0 Å². The molecule has 158 valence electrons. The van der Waals surface area contributed by atoms with Crippen LogP contribution in [0.3, 0.4) is 0 Å². The second-order valence-corrected chi connectivity index (χ2v) is 6.98. The average molecular weight is 445 g/mol. The minimum Gasteiger partial charge on any atom is -0.466 e. The van der Waals surface area contributed by atoms with Crippen LogP contribution in [-0.4, -0.2) is 41.3 Å². The number of carbonyl (C=O) groups excluding carboxylic acids is 3. The summed E-state index contributed by atoms with van der Waals surface area (Å²) in [6.07, 6.45) is -0.0418. The SMILES string of the molecule is CCOC(=O)C[C@H](Cc1cc(Cl)c2n[nH]c(Cl)c2c1COC(C)=O)C(=O)OCC. The van der Waals surface area contributed by atoms with Gasteiger partial charge >= 0.3 is 17.9 Å². The van der Waals surface area contributed by atoms with Crippen LogP contribution in [0.5, 0.6) is 0 Å². The van der Waals surface area contributed by atoms with Crippen LogP contribution in [0.25, 0.3) is 10.9 Å². The molecule has 0 saturated heterocycles. The highest BCUT2D eigenvalue weighted by atomic mass is 35.5. The Balaban J connectivity index is 2.48. The van der Waals surface area contributed by atoms with Crippen molar-refractivity contribution in [1.29, 1.82) is 0 Å². The Morgan fingerprint density at radius 3 is 2.45 bits per heavy atom. The fourth-order valence-electron chi connectivity index (χ4n) is 2.94. The number of fused-ring (bicyclic) bond motifs is 1. The Morgan fingerprint density at radius 2 is 1.83 bits per heavy atom. The van der Waals surface area contributed by atoms with Crippen molar-refractivity contribution in [1.82, 2.24) is 10.2 Å². The number of nitrogens with one attached hydrogen (secondary N) is 1. The molecular formula is C19H22Cl2N2O6. The molecule has 0 amide bonds. The van der Waals surface area contributed by atoms with Gasteiger partial charge in [-0.15, -0.1) is 0 Å². The Hall–Kier alpha value is -2.32. The van der Waals surface area contributed by atoms with Crippen LogP contribution in [0.2, 0.25) is 10.2 Å². The molecule has 0 aliphatic heterocycles. The van der Waals surface area contributed by atoms with Crippen molar-refractivity contribution in [3.05, 3.63) is 27.4 Å². The molecule has 0 spiro atoms. The van der Waals surface area contributed by atoms with Gasteiger partial charge in [0.25, 0.3) is 0 Å². The Labute approximate surface area is 177 Å². The van der Waals surface area contributed by atoms with Gasteiger partial charge in [-0.2, -0.15) is 5.10 Å². The number of esters is 3. The quantitative estimate of drug-likeness (QED) is 0.464. The summed E-state index contributed by atoms with van der Waals surface area (Å²) < 4.78 is 15.2. The highest BCUT2D eigenvalue weighted by molar-refractivity contribution is 6.39. The molecule has 1 atom stereocenters. The summed E-state index contributed by atoms with van der Waals surface area (Å²) in [5, 5.41) is 7.74. The number of H-pyrrole nitrogens is 1. The number of hydrogen-bond acceptors (Lipinski definition) is 7. The van der Waals surface area contributed by atoms with E-state index < -0.39 is 23.8 Å². The highest BCUT2D eigenvalue weighted by Gasteiger charge is 2.27. The molecule has 1 aromatic carbocycles. The normalized spacial score (nSPS) is 11.9. The van der Waals surface area contributed by atoms with Crippen LogP contribution in [0.1, 0.15) is 38.3 Å². The van der Waals surface area contributed by atoms with Crippen molar-refractivity contribution in [2.45, 2.75) is 40.2 Å². The van der Waals surface area contributed by atoms with E-state index in [1.54, 1.807) is 19.9 Å². The monoisotopic (exact) mass is 444 g/mol. The summed E-state index contributed by atoms with van der Waals surface area (Å²) in [4.78, 5) is 35.8. The van der Waals surface area contributed by atoms with Gasteiger partial charge in [-0.1, -0.05) is 23.2 Å². The van der Waals surface area contributed by atoms with Crippen LogP contribution in [0.15, 0.2) is 6.07 Å². The molecule has 1 aromatic heterocycles. The van der Waals surface area contributed by atoms with E-state index in [2.05, 4.69) is 10.2 Å². The van der Waals surface area contributed by atoms with E-state index in [0.717, 1.165) is 0 Å². The Morgan fingerprint density at radius 1 is 1.14 bits per heavy atom. The van der Waals surface area contributed by atoms with Crippen LogP contribution in [0.4, 0.5) is 0 Å². The lowest BCUT2D eigenvalue weighted by atomic mass is 9.92. The largest absolute Gasteiger partial charge is 0.466 e. The molecule has 2 rings (SSSR count).